The van der Waals surface area contributed by atoms with E-state index >= 15 is 0 Å². The van der Waals surface area contributed by atoms with Crippen molar-refractivity contribution >= 4 is 27.5 Å². The monoisotopic (exact) mass is 298 g/mol. The first kappa shape index (κ1) is 11.6. The van der Waals surface area contributed by atoms with E-state index < -0.39 is 0 Å². The van der Waals surface area contributed by atoms with Gasteiger partial charge in [-0.05, 0) is 36.8 Å². The van der Waals surface area contributed by atoms with Gasteiger partial charge in [0.15, 0.2) is 0 Å². The van der Waals surface area contributed by atoms with Crippen LogP contribution in [0, 0.1) is 12.7 Å². The van der Waals surface area contributed by atoms with Crippen molar-refractivity contribution in [2.24, 2.45) is 0 Å². The summed E-state index contributed by atoms with van der Waals surface area (Å²) in [5.74, 6) is -0.266. The molecule has 0 unspecified atom stereocenters. The van der Waals surface area contributed by atoms with Gasteiger partial charge in [-0.15, -0.1) is 0 Å². The summed E-state index contributed by atoms with van der Waals surface area (Å²) in [6.45, 7) is 1.96. The van der Waals surface area contributed by atoms with Gasteiger partial charge in [0.1, 0.15) is 5.82 Å². The molecule has 0 spiro atoms. The number of rotatable bonds is 1. The zero-order valence-corrected chi connectivity index (χ0v) is 10.9. The van der Waals surface area contributed by atoms with Crippen LogP contribution >= 0.6 is 27.5 Å². The molecule has 0 radical (unpaired) electrons. The number of hydrogen-bond donors (Lipinski definition) is 0. The van der Waals surface area contributed by atoms with E-state index in [1.807, 2.05) is 19.1 Å². The van der Waals surface area contributed by atoms with Gasteiger partial charge < -0.3 is 0 Å². The summed E-state index contributed by atoms with van der Waals surface area (Å²) in [6, 6.07) is 10.2. The second kappa shape index (κ2) is 4.56. The zero-order valence-electron chi connectivity index (χ0n) is 8.60. The van der Waals surface area contributed by atoms with Crippen LogP contribution in [-0.4, -0.2) is 0 Å². The molecule has 0 fully saturated rings. The fourth-order valence-electron chi connectivity index (χ4n) is 1.66. The molecular formula is C13H9BrClF. The molecule has 0 saturated heterocycles. The van der Waals surface area contributed by atoms with Crippen molar-refractivity contribution in [1.29, 1.82) is 0 Å². The van der Waals surface area contributed by atoms with Crippen LogP contribution in [0.4, 0.5) is 4.39 Å². The number of benzene rings is 2. The fraction of sp³-hybridized carbons (Fsp3) is 0.0769. The molecule has 0 saturated carbocycles. The van der Waals surface area contributed by atoms with E-state index in [1.54, 1.807) is 12.1 Å². The van der Waals surface area contributed by atoms with Gasteiger partial charge in [-0.1, -0.05) is 39.7 Å². The van der Waals surface area contributed by atoms with Crippen molar-refractivity contribution < 1.29 is 4.39 Å². The van der Waals surface area contributed by atoms with E-state index in [2.05, 4.69) is 15.9 Å². The highest BCUT2D eigenvalue weighted by atomic mass is 79.9. The minimum Gasteiger partial charge on any atom is -0.207 e. The van der Waals surface area contributed by atoms with E-state index in [4.69, 9.17) is 11.6 Å². The van der Waals surface area contributed by atoms with Crippen molar-refractivity contribution in [2.75, 3.05) is 0 Å². The lowest BCUT2D eigenvalue weighted by Crippen LogP contribution is -1.87. The first-order chi connectivity index (χ1) is 7.59. The van der Waals surface area contributed by atoms with Crippen LogP contribution in [0.3, 0.4) is 0 Å². The van der Waals surface area contributed by atoms with Gasteiger partial charge in [0.2, 0.25) is 0 Å². The second-order valence-electron chi connectivity index (χ2n) is 3.56. The standard InChI is InChI=1S/C13H9BrClF/c1-8-3-2-4-12(15)13(8)10-7-9(16)5-6-11(10)14/h2-7H,1H3. The number of hydrogen-bond acceptors (Lipinski definition) is 0. The molecule has 0 nitrogen and oxygen atoms in total. The lowest BCUT2D eigenvalue weighted by atomic mass is 10.0. The molecule has 0 amide bonds. The molecule has 0 aliphatic heterocycles. The third kappa shape index (κ3) is 2.13. The predicted molar refractivity (Wildman–Crippen MR) is 69.3 cm³/mol. The van der Waals surface area contributed by atoms with Gasteiger partial charge in [0.05, 0.1) is 0 Å². The Morgan fingerprint density at radius 1 is 1.19 bits per heavy atom. The molecule has 2 aromatic carbocycles. The molecule has 3 heteroatoms. The normalized spacial score (nSPS) is 10.5. The predicted octanol–water partition coefficient (Wildman–Crippen LogP) is 5.22. The highest BCUT2D eigenvalue weighted by Crippen LogP contribution is 2.36. The maximum Gasteiger partial charge on any atom is 0.123 e. The first-order valence-electron chi connectivity index (χ1n) is 4.80. The molecule has 0 N–H and O–H groups in total. The lowest BCUT2D eigenvalue weighted by Gasteiger charge is -2.10. The molecule has 2 rings (SSSR count). The van der Waals surface area contributed by atoms with Gasteiger partial charge >= 0.3 is 0 Å². The molecule has 0 aliphatic carbocycles. The summed E-state index contributed by atoms with van der Waals surface area (Å²) < 4.78 is 14.1. The third-order valence-electron chi connectivity index (χ3n) is 2.42. The van der Waals surface area contributed by atoms with Crippen LogP contribution in [0.5, 0.6) is 0 Å². The van der Waals surface area contributed by atoms with Crippen LogP contribution in [0.1, 0.15) is 5.56 Å². The Balaban J connectivity index is 2.72. The summed E-state index contributed by atoms with van der Waals surface area (Å²) >= 11 is 9.56. The van der Waals surface area contributed by atoms with Gasteiger partial charge in [-0.3, -0.25) is 0 Å². The summed E-state index contributed by atoms with van der Waals surface area (Å²) in [6.07, 6.45) is 0. The van der Waals surface area contributed by atoms with Crippen molar-refractivity contribution in [3.63, 3.8) is 0 Å². The summed E-state index contributed by atoms with van der Waals surface area (Å²) in [5, 5.41) is 0.631. The van der Waals surface area contributed by atoms with Crippen LogP contribution in [0.15, 0.2) is 40.9 Å². The van der Waals surface area contributed by atoms with Crippen LogP contribution in [0.2, 0.25) is 5.02 Å². The minimum absolute atomic E-state index is 0.266. The molecule has 16 heavy (non-hydrogen) atoms. The molecule has 0 heterocycles. The second-order valence-corrected chi connectivity index (χ2v) is 4.82. The summed E-state index contributed by atoms with van der Waals surface area (Å²) in [7, 11) is 0. The molecular weight excluding hydrogens is 290 g/mol. The Bertz CT molecular complexity index is 517. The Morgan fingerprint density at radius 2 is 1.94 bits per heavy atom. The van der Waals surface area contributed by atoms with Crippen molar-refractivity contribution in [2.45, 2.75) is 6.92 Å². The van der Waals surface area contributed by atoms with Crippen LogP contribution in [0.25, 0.3) is 11.1 Å². The van der Waals surface area contributed by atoms with Crippen LogP contribution in [-0.2, 0) is 0 Å². The van der Waals surface area contributed by atoms with E-state index in [0.29, 0.717) is 5.02 Å². The highest BCUT2D eigenvalue weighted by Gasteiger charge is 2.10. The smallest absolute Gasteiger partial charge is 0.123 e. The van der Waals surface area contributed by atoms with E-state index in [0.717, 1.165) is 21.2 Å². The largest absolute Gasteiger partial charge is 0.207 e. The molecule has 82 valence electrons. The Labute approximate surface area is 107 Å². The summed E-state index contributed by atoms with van der Waals surface area (Å²) in [5.41, 5.74) is 2.68. The topological polar surface area (TPSA) is 0 Å². The van der Waals surface area contributed by atoms with E-state index in [1.165, 1.54) is 12.1 Å². The quantitative estimate of drug-likeness (QED) is 0.677. The maximum atomic E-state index is 13.2. The minimum atomic E-state index is -0.266. The van der Waals surface area contributed by atoms with E-state index in [9.17, 15) is 4.39 Å². The maximum absolute atomic E-state index is 13.2. The molecule has 0 bridgehead atoms. The van der Waals surface area contributed by atoms with Crippen molar-refractivity contribution in [3.8, 4) is 11.1 Å². The van der Waals surface area contributed by atoms with Gasteiger partial charge in [0, 0.05) is 20.6 Å². The molecule has 0 atom stereocenters. The van der Waals surface area contributed by atoms with Crippen molar-refractivity contribution in [1.82, 2.24) is 0 Å². The van der Waals surface area contributed by atoms with Gasteiger partial charge in [-0.25, -0.2) is 4.39 Å². The number of halogens is 3. The lowest BCUT2D eigenvalue weighted by molar-refractivity contribution is 0.628. The Morgan fingerprint density at radius 3 is 2.62 bits per heavy atom. The highest BCUT2D eigenvalue weighted by molar-refractivity contribution is 9.10. The average Bonchev–Trinajstić information content (AvgIpc) is 2.23. The average molecular weight is 300 g/mol. The first-order valence-corrected chi connectivity index (χ1v) is 5.97. The van der Waals surface area contributed by atoms with Gasteiger partial charge in [0.25, 0.3) is 0 Å². The third-order valence-corrected chi connectivity index (χ3v) is 3.43. The molecule has 0 aliphatic rings. The molecule has 2 aromatic rings. The Kier molecular flexibility index (Phi) is 3.31. The molecule has 0 aromatic heterocycles. The Hall–Kier alpha value is -0.860. The van der Waals surface area contributed by atoms with Gasteiger partial charge in [-0.2, -0.15) is 0 Å². The zero-order chi connectivity index (χ0) is 11.7. The van der Waals surface area contributed by atoms with Crippen LogP contribution < -0.4 is 0 Å². The number of aryl methyl sites for hydroxylation is 1. The summed E-state index contributed by atoms with van der Waals surface area (Å²) in [4.78, 5) is 0. The SMILES string of the molecule is Cc1cccc(Cl)c1-c1cc(F)ccc1Br. The fourth-order valence-corrected chi connectivity index (χ4v) is 2.43. The van der Waals surface area contributed by atoms with E-state index in [-0.39, 0.29) is 5.82 Å². The van der Waals surface area contributed by atoms with Crippen molar-refractivity contribution in [3.05, 3.63) is 57.3 Å².